The quantitative estimate of drug-likeness (QED) is 0.320. The van der Waals surface area contributed by atoms with Crippen LogP contribution in [0, 0.1) is 20.8 Å². The van der Waals surface area contributed by atoms with Gasteiger partial charge in [-0.2, -0.15) is 0 Å². The summed E-state index contributed by atoms with van der Waals surface area (Å²) in [6.45, 7) is 8.83. The third kappa shape index (κ3) is 5.83. The van der Waals surface area contributed by atoms with Crippen molar-refractivity contribution in [2.24, 2.45) is 4.99 Å². The first-order valence-corrected chi connectivity index (χ1v) is 12.8. The Balaban J connectivity index is 1.71. The maximum absolute atomic E-state index is 4.75. The van der Waals surface area contributed by atoms with E-state index in [1.807, 2.05) is 12.3 Å². The smallest absolute Gasteiger partial charge is 0.411 e. The number of para-hydroxylation sites is 2. The van der Waals surface area contributed by atoms with E-state index in [-0.39, 0.29) is 0 Å². The van der Waals surface area contributed by atoms with E-state index < -0.39 is 14.4 Å². The van der Waals surface area contributed by atoms with Gasteiger partial charge in [-0.1, -0.05) is 78.2 Å². The summed E-state index contributed by atoms with van der Waals surface area (Å²) in [6.07, 6.45) is 3.12. The number of nitrogens with zero attached hydrogens (tertiary/aromatic N) is 1. The molecule has 0 aliphatic carbocycles. The molecule has 3 rings (SSSR count). The fourth-order valence-corrected chi connectivity index (χ4v) is 5.97. The summed E-state index contributed by atoms with van der Waals surface area (Å²) < 4.78 is 3.93. The average Bonchev–Trinajstić information content (AvgIpc) is 2.73. The van der Waals surface area contributed by atoms with Gasteiger partial charge < -0.3 is 4.30 Å². The molecule has 0 fully saturated rings. The van der Waals surface area contributed by atoms with E-state index >= 15 is 0 Å². The summed E-state index contributed by atoms with van der Waals surface area (Å²) in [5.41, 5.74) is 8.91. The summed E-state index contributed by atoms with van der Waals surface area (Å²) >= 11 is -1.07. The second-order valence-electron chi connectivity index (χ2n) is 7.80. The third-order valence-electron chi connectivity index (χ3n) is 5.60. The topological polar surface area (TPSA) is 24.4 Å². The molecule has 0 radical (unpaired) electrons. The van der Waals surface area contributed by atoms with E-state index in [2.05, 4.69) is 92.7 Å². The van der Waals surface area contributed by atoms with Crippen molar-refractivity contribution in [2.75, 3.05) is 4.30 Å². The van der Waals surface area contributed by atoms with Crippen molar-refractivity contribution in [3.05, 3.63) is 94.5 Å². The second kappa shape index (κ2) is 10.4. The van der Waals surface area contributed by atoms with Crippen molar-refractivity contribution < 1.29 is 0 Å². The molecule has 3 heteroatoms. The first-order valence-electron chi connectivity index (χ1n) is 10.6. The van der Waals surface area contributed by atoms with Crippen molar-refractivity contribution >= 4 is 32.0 Å². The lowest BCUT2D eigenvalue weighted by atomic mass is 10.1. The number of hydrogen-bond acceptors (Lipinski definition) is 2. The van der Waals surface area contributed by atoms with Crippen LogP contribution in [0.4, 0.5) is 11.4 Å². The summed E-state index contributed by atoms with van der Waals surface area (Å²) in [5.74, 6) is 0. The van der Waals surface area contributed by atoms with Crippen LogP contribution in [0.5, 0.6) is 0 Å². The van der Waals surface area contributed by atoms with Crippen molar-refractivity contribution in [3.63, 3.8) is 0 Å². The maximum Gasteiger partial charge on any atom is 0.411 e. The van der Waals surface area contributed by atoms with Gasteiger partial charge in [0.05, 0.1) is 5.69 Å². The average molecular weight is 399 g/mol. The van der Waals surface area contributed by atoms with Gasteiger partial charge in [0.15, 0.2) is 0 Å². The summed E-state index contributed by atoms with van der Waals surface area (Å²) in [5, 5.41) is 2.48. The first-order chi connectivity index (χ1) is 14.1. The molecule has 0 spiro atoms. The van der Waals surface area contributed by atoms with Crippen LogP contribution >= 0.6 is 0 Å². The van der Waals surface area contributed by atoms with E-state index in [1.165, 1.54) is 44.1 Å². The predicted molar refractivity (Wildman–Crippen MR) is 129 cm³/mol. The standard InChI is InChI=1S/C16H16N.C8H10N.C2H5.Al/c1-3-14-9-5-6-10-15(14)12-17-16-11-7-4-8-13(16)2;1-6-4-3-5-7(2)8(6)9;1-2;/h4-12H,1,3H2,2H3;3-5,9H,1-2H3;1H2,2H3;/q;-1;;+1. The van der Waals surface area contributed by atoms with Crippen LogP contribution in [-0.4, -0.2) is 20.6 Å². The minimum absolute atomic E-state index is 1.04. The molecule has 0 aliphatic heterocycles. The Morgan fingerprint density at radius 1 is 0.828 bits per heavy atom. The van der Waals surface area contributed by atoms with Gasteiger partial charge in [-0.15, -0.1) is 0 Å². The predicted octanol–water partition coefficient (Wildman–Crippen LogP) is 7.03. The maximum atomic E-state index is 4.75. The Morgan fingerprint density at radius 3 is 2.21 bits per heavy atom. The van der Waals surface area contributed by atoms with Crippen LogP contribution in [0.2, 0.25) is 10.6 Å². The molecule has 0 aliphatic rings. The molecule has 1 N–H and O–H groups in total. The lowest BCUT2D eigenvalue weighted by Gasteiger charge is -2.18. The molecule has 0 saturated heterocycles. The molecular weight excluding hydrogens is 367 g/mol. The van der Waals surface area contributed by atoms with Gasteiger partial charge >= 0.3 is 14.4 Å². The Morgan fingerprint density at radius 2 is 1.48 bits per heavy atom. The van der Waals surface area contributed by atoms with Crippen LogP contribution in [0.1, 0.15) is 34.7 Å². The lowest BCUT2D eigenvalue weighted by molar-refractivity contribution is 1.09. The number of rotatable bonds is 8. The van der Waals surface area contributed by atoms with Crippen LogP contribution in [0.3, 0.4) is 0 Å². The minimum atomic E-state index is -1.07. The SMILES string of the molecule is C[CH2][Al]([CH2]Cc1ccccc1C=Nc1ccccc1C)[NH]c1c(C)cccc1C. The normalized spacial score (nSPS) is 11.0. The fraction of sp³-hybridized carbons (Fsp3) is 0.269. The number of hydrogen-bond donors (Lipinski definition) is 1. The molecule has 148 valence electrons. The van der Waals surface area contributed by atoms with E-state index in [9.17, 15) is 0 Å². The molecule has 3 aromatic rings. The third-order valence-corrected chi connectivity index (χ3v) is 8.27. The van der Waals surface area contributed by atoms with Crippen LogP contribution in [-0.2, 0) is 6.42 Å². The van der Waals surface area contributed by atoms with Crippen LogP contribution in [0.15, 0.2) is 71.7 Å². The van der Waals surface area contributed by atoms with Gasteiger partial charge in [-0.05, 0) is 61.1 Å². The van der Waals surface area contributed by atoms with E-state index in [1.54, 1.807) is 0 Å². The van der Waals surface area contributed by atoms with Crippen molar-refractivity contribution in [3.8, 4) is 0 Å². The largest absolute Gasteiger partial charge is 0.476 e. The second-order valence-corrected chi connectivity index (χ2v) is 10.9. The molecule has 0 saturated carbocycles. The number of anilines is 1. The highest BCUT2D eigenvalue weighted by atomic mass is 27.2. The highest BCUT2D eigenvalue weighted by Gasteiger charge is 2.18. The van der Waals surface area contributed by atoms with Crippen molar-refractivity contribution in [2.45, 2.75) is 44.7 Å². The number of aryl methyl sites for hydroxylation is 4. The first kappa shape index (κ1) is 21.4. The number of aliphatic imine (C=N–C) groups is 1. The van der Waals surface area contributed by atoms with Crippen LogP contribution < -0.4 is 4.30 Å². The fourth-order valence-electron chi connectivity index (χ4n) is 3.69. The highest BCUT2D eigenvalue weighted by molar-refractivity contribution is 6.62. The van der Waals surface area contributed by atoms with E-state index in [0.29, 0.717) is 0 Å². The summed E-state index contributed by atoms with van der Waals surface area (Å²) in [6, 6.07) is 23.5. The van der Waals surface area contributed by atoms with Gasteiger partial charge in [-0.25, -0.2) is 0 Å². The molecule has 0 amide bonds. The molecule has 0 atom stereocenters. The molecule has 0 heterocycles. The molecule has 0 aromatic heterocycles. The zero-order valence-electron chi connectivity index (χ0n) is 18.1. The zero-order valence-corrected chi connectivity index (χ0v) is 19.2. The highest BCUT2D eigenvalue weighted by Crippen LogP contribution is 2.22. The number of benzene rings is 3. The zero-order chi connectivity index (χ0) is 20.6. The molecule has 29 heavy (non-hydrogen) atoms. The van der Waals surface area contributed by atoms with Gasteiger partial charge in [0.1, 0.15) is 0 Å². The van der Waals surface area contributed by atoms with Crippen molar-refractivity contribution in [1.82, 2.24) is 0 Å². The lowest BCUT2D eigenvalue weighted by Crippen LogP contribution is -2.25. The molecule has 3 aromatic carbocycles. The Labute approximate surface area is 180 Å². The Kier molecular flexibility index (Phi) is 7.70. The van der Waals surface area contributed by atoms with E-state index in [4.69, 9.17) is 4.99 Å². The van der Waals surface area contributed by atoms with Gasteiger partial charge in [0.2, 0.25) is 0 Å². The molecule has 0 bridgehead atoms. The van der Waals surface area contributed by atoms with Gasteiger partial charge in [-0.3, -0.25) is 4.99 Å². The minimum Gasteiger partial charge on any atom is -0.476 e. The van der Waals surface area contributed by atoms with E-state index in [0.717, 1.165) is 12.1 Å². The monoisotopic (exact) mass is 398 g/mol. The summed E-state index contributed by atoms with van der Waals surface area (Å²) in [4.78, 5) is 4.75. The van der Waals surface area contributed by atoms with Gasteiger partial charge in [0.25, 0.3) is 0 Å². The summed E-state index contributed by atoms with van der Waals surface area (Å²) in [7, 11) is 0. The Hall–Kier alpha value is -2.34. The van der Waals surface area contributed by atoms with Crippen molar-refractivity contribution in [1.29, 1.82) is 0 Å². The molecular formula is C26H31AlN2. The van der Waals surface area contributed by atoms with Crippen LogP contribution in [0.25, 0.3) is 0 Å². The van der Waals surface area contributed by atoms with Gasteiger partial charge in [0, 0.05) is 11.9 Å². The molecule has 2 nitrogen and oxygen atoms in total. The Bertz CT molecular complexity index is 958. The number of nitrogens with one attached hydrogen (secondary N) is 1. The molecule has 0 unspecified atom stereocenters.